The Kier molecular flexibility index (Phi) is 1.76. The number of methoxy groups -OCH3 is 1. The van der Waals surface area contributed by atoms with Gasteiger partial charge in [0.2, 0.25) is 6.29 Å². The molecule has 0 saturated carbocycles. The lowest BCUT2D eigenvalue weighted by Crippen LogP contribution is -2.06. The highest BCUT2D eigenvalue weighted by Crippen LogP contribution is 2.19. The van der Waals surface area contributed by atoms with Gasteiger partial charge in [0.1, 0.15) is 0 Å². The van der Waals surface area contributed by atoms with E-state index >= 15 is 0 Å². The van der Waals surface area contributed by atoms with Crippen molar-refractivity contribution in [3.8, 4) is 0 Å². The summed E-state index contributed by atoms with van der Waals surface area (Å²) in [7, 11) is 1.59. The second-order valence-corrected chi connectivity index (χ2v) is 1.90. The molecule has 1 aliphatic rings. The van der Waals surface area contributed by atoms with Gasteiger partial charge in [0.05, 0.1) is 0 Å². The molecule has 0 spiro atoms. The first-order chi connectivity index (χ1) is 3.83. The van der Waals surface area contributed by atoms with Crippen molar-refractivity contribution >= 4 is 11.6 Å². The molecule has 0 aliphatic carbocycles. The zero-order valence-electron chi connectivity index (χ0n) is 4.56. The summed E-state index contributed by atoms with van der Waals surface area (Å²) in [5.74, 6) is 0. The van der Waals surface area contributed by atoms with Crippen molar-refractivity contribution in [3.05, 3.63) is 11.3 Å². The molecule has 0 aromatic carbocycles. The van der Waals surface area contributed by atoms with Gasteiger partial charge < -0.3 is 9.47 Å². The molecule has 1 heterocycles. The van der Waals surface area contributed by atoms with Crippen LogP contribution in [-0.2, 0) is 9.47 Å². The van der Waals surface area contributed by atoms with E-state index in [1.165, 1.54) is 0 Å². The van der Waals surface area contributed by atoms with E-state index in [0.29, 0.717) is 5.22 Å². The van der Waals surface area contributed by atoms with Gasteiger partial charge in [0.15, 0.2) is 5.22 Å². The minimum Gasteiger partial charge on any atom is -0.454 e. The predicted octanol–water partition coefficient (Wildman–Crippen LogP) is 1.46. The Morgan fingerprint density at radius 3 is 3.00 bits per heavy atom. The highest BCUT2D eigenvalue weighted by Gasteiger charge is 2.14. The minimum atomic E-state index is -0.150. The summed E-state index contributed by atoms with van der Waals surface area (Å²) in [6.07, 6.45) is 2.40. The van der Waals surface area contributed by atoms with Crippen molar-refractivity contribution in [1.82, 2.24) is 0 Å². The molecular formula is C5H7ClO2. The molecule has 0 aromatic heterocycles. The van der Waals surface area contributed by atoms with E-state index < -0.39 is 0 Å². The normalized spacial score (nSPS) is 27.2. The Balaban J connectivity index is 2.32. The Hall–Kier alpha value is -0.210. The summed E-state index contributed by atoms with van der Waals surface area (Å²) in [5, 5.41) is 0.442. The third-order valence-electron chi connectivity index (χ3n) is 0.978. The Bertz CT molecular complexity index is 111. The fourth-order valence-electron chi connectivity index (χ4n) is 0.555. The van der Waals surface area contributed by atoms with Gasteiger partial charge in [-0.25, -0.2) is 0 Å². The van der Waals surface area contributed by atoms with Crippen LogP contribution in [0.3, 0.4) is 0 Å². The summed E-state index contributed by atoms with van der Waals surface area (Å²) >= 11 is 5.44. The number of hydrogen-bond donors (Lipinski definition) is 0. The summed E-state index contributed by atoms with van der Waals surface area (Å²) in [6, 6.07) is 0. The van der Waals surface area contributed by atoms with Crippen LogP contribution in [0.15, 0.2) is 11.3 Å². The van der Waals surface area contributed by atoms with Crippen molar-refractivity contribution in [2.75, 3.05) is 7.11 Å². The summed E-state index contributed by atoms with van der Waals surface area (Å²) < 4.78 is 9.74. The molecule has 8 heavy (non-hydrogen) atoms. The van der Waals surface area contributed by atoms with E-state index in [0.717, 1.165) is 6.42 Å². The van der Waals surface area contributed by atoms with E-state index in [1.807, 2.05) is 0 Å². The topological polar surface area (TPSA) is 18.5 Å². The fraction of sp³-hybridized carbons (Fsp3) is 0.600. The number of halogens is 1. The quantitative estimate of drug-likeness (QED) is 0.541. The molecule has 46 valence electrons. The molecule has 0 N–H and O–H groups in total. The maximum Gasteiger partial charge on any atom is 0.204 e. The van der Waals surface area contributed by atoms with Crippen LogP contribution in [-0.4, -0.2) is 13.4 Å². The molecule has 0 amide bonds. The molecule has 3 heteroatoms. The van der Waals surface area contributed by atoms with Gasteiger partial charge in [-0.05, 0) is 17.7 Å². The molecule has 0 radical (unpaired) electrons. The standard InChI is InChI=1S/C5H7ClO2/c1-7-5-3-2-4(6)8-5/h2,5H,3H2,1H3. The SMILES string of the molecule is COC1CC=C(Cl)O1. The Morgan fingerprint density at radius 2 is 2.75 bits per heavy atom. The first kappa shape index (κ1) is 5.92. The van der Waals surface area contributed by atoms with Gasteiger partial charge >= 0.3 is 0 Å². The van der Waals surface area contributed by atoms with Crippen LogP contribution in [0.1, 0.15) is 6.42 Å². The highest BCUT2D eigenvalue weighted by atomic mass is 35.5. The van der Waals surface area contributed by atoms with Crippen LogP contribution in [0.4, 0.5) is 0 Å². The van der Waals surface area contributed by atoms with Crippen LogP contribution in [0, 0.1) is 0 Å². The van der Waals surface area contributed by atoms with Crippen LogP contribution >= 0.6 is 11.6 Å². The summed E-state index contributed by atoms with van der Waals surface area (Å²) in [4.78, 5) is 0. The van der Waals surface area contributed by atoms with Crippen LogP contribution in [0.2, 0.25) is 0 Å². The maximum absolute atomic E-state index is 5.44. The lowest BCUT2D eigenvalue weighted by molar-refractivity contribution is -0.0699. The Morgan fingerprint density at radius 1 is 2.00 bits per heavy atom. The van der Waals surface area contributed by atoms with Gasteiger partial charge in [-0.2, -0.15) is 0 Å². The molecule has 1 aliphatic heterocycles. The number of hydrogen-bond acceptors (Lipinski definition) is 2. The van der Waals surface area contributed by atoms with Crippen LogP contribution in [0.5, 0.6) is 0 Å². The zero-order chi connectivity index (χ0) is 5.98. The minimum absolute atomic E-state index is 0.150. The van der Waals surface area contributed by atoms with E-state index in [4.69, 9.17) is 21.1 Å². The van der Waals surface area contributed by atoms with Crippen LogP contribution in [0.25, 0.3) is 0 Å². The van der Waals surface area contributed by atoms with E-state index in [1.54, 1.807) is 13.2 Å². The predicted molar refractivity (Wildman–Crippen MR) is 30.4 cm³/mol. The van der Waals surface area contributed by atoms with E-state index in [-0.39, 0.29) is 6.29 Å². The van der Waals surface area contributed by atoms with Crippen molar-refractivity contribution in [2.24, 2.45) is 0 Å². The lowest BCUT2D eigenvalue weighted by atomic mass is 10.4. The van der Waals surface area contributed by atoms with Gasteiger partial charge in [0.25, 0.3) is 0 Å². The average molecular weight is 135 g/mol. The van der Waals surface area contributed by atoms with Gasteiger partial charge in [-0.3, -0.25) is 0 Å². The maximum atomic E-state index is 5.44. The van der Waals surface area contributed by atoms with Gasteiger partial charge in [-0.15, -0.1) is 0 Å². The summed E-state index contributed by atoms with van der Waals surface area (Å²) in [6.45, 7) is 0. The average Bonchev–Trinajstić information content (AvgIpc) is 2.14. The largest absolute Gasteiger partial charge is 0.454 e. The fourth-order valence-corrected chi connectivity index (χ4v) is 0.743. The summed E-state index contributed by atoms with van der Waals surface area (Å²) in [5.41, 5.74) is 0. The molecule has 0 fully saturated rings. The third-order valence-corrected chi connectivity index (χ3v) is 1.22. The van der Waals surface area contributed by atoms with Crippen molar-refractivity contribution < 1.29 is 9.47 Å². The van der Waals surface area contributed by atoms with Gasteiger partial charge in [-0.1, -0.05) is 0 Å². The van der Waals surface area contributed by atoms with Crippen LogP contribution < -0.4 is 0 Å². The molecule has 1 unspecified atom stereocenters. The van der Waals surface area contributed by atoms with Crippen molar-refractivity contribution in [3.63, 3.8) is 0 Å². The van der Waals surface area contributed by atoms with Gasteiger partial charge in [0, 0.05) is 13.5 Å². The van der Waals surface area contributed by atoms with Crippen molar-refractivity contribution in [2.45, 2.75) is 12.7 Å². The van der Waals surface area contributed by atoms with E-state index in [2.05, 4.69) is 0 Å². The zero-order valence-corrected chi connectivity index (χ0v) is 5.31. The number of rotatable bonds is 1. The second kappa shape index (κ2) is 2.37. The smallest absolute Gasteiger partial charge is 0.204 e. The molecule has 0 aromatic rings. The molecular weight excluding hydrogens is 128 g/mol. The first-order valence-corrected chi connectivity index (χ1v) is 2.76. The molecule has 0 bridgehead atoms. The first-order valence-electron chi connectivity index (χ1n) is 2.38. The third kappa shape index (κ3) is 1.14. The molecule has 1 atom stereocenters. The molecule has 2 nitrogen and oxygen atoms in total. The van der Waals surface area contributed by atoms with E-state index in [9.17, 15) is 0 Å². The second-order valence-electron chi connectivity index (χ2n) is 1.53. The molecule has 1 rings (SSSR count). The lowest BCUT2D eigenvalue weighted by Gasteiger charge is -2.06. The Labute approximate surface area is 53.0 Å². The number of ether oxygens (including phenoxy) is 2. The molecule has 0 saturated heterocycles. The monoisotopic (exact) mass is 134 g/mol. The van der Waals surface area contributed by atoms with Crippen molar-refractivity contribution in [1.29, 1.82) is 0 Å². The highest BCUT2D eigenvalue weighted by molar-refractivity contribution is 6.28.